The van der Waals surface area contributed by atoms with Crippen molar-refractivity contribution in [1.29, 1.82) is 0 Å². The molecule has 0 aliphatic carbocycles. The second kappa shape index (κ2) is 16.4. The van der Waals surface area contributed by atoms with Crippen LogP contribution in [0.25, 0.3) is 0 Å². The molecule has 0 unspecified atom stereocenters. The molecule has 0 spiro atoms. The van der Waals surface area contributed by atoms with Crippen LogP contribution >= 0.6 is 0 Å². The van der Waals surface area contributed by atoms with Crippen LogP contribution in [-0.4, -0.2) is 5.11 Å². The molecular formula is C9H14No2OV-2. The molecule has 1 rings (SSSR count). The number of benzene rings is 1. The molecule has 1 nitrogen and oxygen atoms in total. The molecule has 1 radical (unpaired) electrons. The maximum atomic E-state index is 8.54. The summed E-state index contributed by atoms with van der Waals surface area (Å²) in [7, 11) is 0. The first-order valence-corrected chi connectivity index (χ1v) is 2.58. The largest absolute Gasteiger partial charge is 0.392 e. The van der Waals surface area contributed by atoms with E-state index in [4.69, 9.17) is 5.11 Å². The van der Waals surface area contributed by atoms with Gasteiger partial charge in [0.25, 0.3) is 0 Å². The Morgan fingerprint density at radius 3 is 1.54 bits per heavy atom. The Balaban J connectivity index is -0.0000000427. The van der Waals surface area contributed by atoms with Crippen LogP contribution in [0.1, 0.15) is 5.56 Å². The summed E-state index contributed by atoms with van der Waals surface area (Å²) in [6, 6.07) is 9.52. The number of hydrogen-bond donors (Lipinski definition) is 1. The molecular weight excluding hydrogens is 693 g/mol. The third kappa shape index (κ3) is 9.76. The van der Waals surface area contributed by atoms with Crippen molar-refractivity contribution in [2.24, 2.45) is 0 Å². The van der Waals surface area contributed by atoms with E-state index in [9.17, 15) is 0 Å². The molecule has 0 aromatic heterocycles. The molecule has 1 aromatic carbocycles. The van der Waals surface area contributed by atoms with Crippen LogP contribution in [0.2, 0.25) is 0 Å². The van der Waals surface area contributed by atoms with Gasteiger partial charge < -0.3 is 20.0 Å². The van der Waals surface area contributed by atoms with E-state index in [-0.39, 0.29) is 40.0 Å². The van der Waals surface area contributed by atoms with Crippen LogP contribution < -0.4 is 0 Å². The number of rotatable bonds is 1. The van der Waals surface area contributed by atoms with Crippen LogP contribution in [0.3, 0.4) is 0 Å². The standard InChI is InChI=1S/C7H8O.2CH3.2No.V/c8-6-7-4-2-1-3-5-7;;;;;/h1-5,8H,6H2;2*1H3;;;/q;2*-1;;;. The fourth-order valence-electron chi connectivity index (χ4n) is 0.583. The van der Waals surface area contributed by atoms with Crippen molar-refractivity contribution in [3.8, 4) is 0 Å². The van der Waals surface area contributed by atoms with E-state index in [1.807, 2.05) is 30.3 Å². The van der Waals surface area contributed by atoms with Gasteiger partial charge in [0, 0.05) is 18.6 Å². The van der Waals surface area contributed by atoms with Crippen molar-refractivity contribution in [3.63, 3.8) is 0 Å². The molecule has 1 aromatic rings. The van der Waals surface area contributed by atoms with Crippen LogP contribution in [0.4, 0.5) is 0 Å². The van der Waals surface area contributed by atoms with Gasteiger partial charge in [-0.15, -0.1) is 0 Å². The summed E-state index contributed by atoms with van der Waals surface area (Å²) in [5.41, 5.74) is 0.965. The van der Waals surface area contributed by atoms with Gasteiger partial charge in [0.15, 0.2) is 0 Å². The second-order valence-electron chi connectivity index (χ2n) is 1.64. The average molecular weight is 707 g/mol. The summed E-state index contributed by atoms with van der Waals surface area (Å²) in [6.45, 7) is 0.140. The summed E-state index contributed by atoms with van der Waals surface area (Å²) < 4.78 is 0. The molecule has 1 N–H and O–H groups in total. The Labute approximate surface area is 81.3 Å². The topological polar surface area (TPSA) is 20.2 Å². The minimum absolute atomic E-state index is 0. The third-order valence-corrected chi connectivity index (χ3v) is 1.03. The van der Waals surface area contributed by atoms with Crippen molar-refractivity contribution < 1.29 is 23.7 Å². The van der Waals surface area contributed by atoms with Gasteiger partial charge >= 0.3 is 0 Å². The summed E-state index contributed by atoms with van der Waals surface area (Å²) in [4.78, 5) is 0. The monoisotopic (exact) mass is 707 g/mol. The van der Waals surface area contributed by atoms with Crippen LogP contribution in [-0.2, 0) is 25.2 Å². The maximum absolute atomic E-state index is 8.54. The minimum atomic E-state index is 0. The Kier molecular flexibility index (Phi) is 38.9. The minimum Gasteiger partial charge on any atom is -0.392 e. The first kappa shape index (κ1) is 30.9. The fourth-order valence-corrected chi connectivity index (χ4v) is 0.583. The molecule has 0 heterocycles. The van der Waals surface area contributed by atoms with Gasteiger partial charge in [0.2, 0.25) is 0 Å². The molecule has 91 valence electrons. The number of aliphatic hydroxyl groups excluding tert-OH is 1. The van der Waals surface area contributed by atoms with Gasteiger partial charge in [-0.2, -0.15) is 0 Å². The molecule has 0 fully saturated rings. The molecule has 0 aliphatic rings. The quantitative estimate of drug-likeness (QED) is 0.444. The summed E-state index contributed by atoms with van der Waals surface area (Å²) in [5.74, 6) is 0. The van der Waals surface area contributed by atoms with E-state index in [0.29, 0.717) is 0 Å². The number of hydrogen-bond acceptors (Lipinski definition) is 1. The van der Waals surface area contributed by atoms with E-state index in [2.05, 4.69) is 0 Å². The Morgan fingerprint density at radius 1 is 0.923 bits per heavy atom. The fraction of sp³-hybridized carbons (Fsp3) is 0.111. The molecule has 13 heavy (non-hydrogen) atoms. The van der Waals surface area contributed by atoms with E-state index in [1.165, 1.54) is 0 Å². The maximum Gasteiger partial charge on any atom is 0.0681 e. The Bertz CT molecular complexity index is 159. The molecule has 0 amide bonds. The van der Waals surface area contributed by atoms with E-state index in [0.717, 1.165) is 5.56 Å². The van der Waals surface area contributed by atoms with Crippen LogP contribution in [0.15, 0.2) is 30.3 Å². The van der Waals surface area contributed by atoms with Crippen LogP contribution in [0.5, 0.6) is 0 Å². The molecule has 0 aliphatic heterocycles. The van der Waals surface area contributed by atoms with Gasteiger partial charge in [-0.1, -0.05) is 30.3 Å². The summed E-state index contributed by atoms with van der Waals surface area (Å²) >= 11 is 0. The summed E-state index contributed by atoms with van der Waals surface area (Å²) in [6.07, 6.45) is 0. The van der Waals surface area contributed by atoms with Crippen molar-refractivity contribution in [2.75, 3.05) is 0 Å². The molecule has 0 bridgehead atoms. The smallest absolute Gasteiger partial charge is 0.0681 e. The van der Waals surface area contributed by atoms with Crippen molar-refractivity contribution in [2.45, 2.75) is 6.61 Å². The predicted octanol–water partition coefficient (Wildman–Crippen LogP) is 2.08. The van der Waals surface area contributed by atoms with Crippen LogP contribution in [0, 0.1) is 14.9 Å². The van der Waals surface area contributed by atoms with E-state index < -0.39 is 0 Å². The first-order chi connectivity index (χ1) is 3.93. The Hall–Kier alpha value is -2.24. The predicted molar refractivity (Wildman–Crippen MR) is 45.2 cm³/mol. The first-order valence-electron chi connectivity index (χ1n) is 2.58. The van der Waals surface area contributed by atoms with Gasteiger partial charge in [-0.25, -0.2) is 0 Å². The average Bonchev–Trinajstić information content (AvgIpc) is 1.90. The third-order valence-electron chi connectivity index (χ3n) is 1.03. The van der Waals surface area contributed by atoms with E-state index in [1.54, 1.807) is 0 Å². The molecule has 4 heteroatoms. The zero-order chi connectivity index (χ0) is 5.82. The number of aliphatic hydroxyl groups is 1. The van der Waals surface area contributed by atoms with Gasteiger partial charge in [-0.3, -0.25) is 0 Å². The van der Waals surface area contributed by atoms with Gasteiger partial charge in [0.1, 0.15) is 0 Å². The summed E-state index contributed by atoms with van der Waals surface area (Å²) in [5, 5.41) is 8.54. The normalized spacial score (nSPS) is 5.62. The molecule has 0 saturated heterocycles. The Morgan fingerprint density at radius 2 is 1.31 bits per heavy atom. The SMILES string of the molecule is OCc1ccccc1.[CH3-].[CH3-].[No].[No].[V]. The van der Waals surface area contributed by atoms with Gasteiger partial charge in [-0.05, 0) is 5.56 Å². The molecule has 0 saturated carbocycles. The van der Waals surface area contributed by atoms with Crippen molar-refractivity contribution in [1.82, 2.24) is 0 Å². The van der Waals surface area contributed by atoms with Crippen molar-refractivity contribution >= 4 is 0 Å². The molecule has 0 atom stereocenters. The second-order valence-corrected chi connectivity index (χ2v) is 1.64. The van der Waals surface area contributed by atoms with Crippen molar-refractivity contribution in [3.05, 3.63) is 50.7 Å². The zero-order valence-electron chi connectivity index (χ0n) is 7.52. The van der Waals surface area contributed by atoms with E-state index >= 15 is 0 Å². The zero-order valence-corrected chi connectivity index (χ0v) is 13.4. The van der Waals surface area contributed by atoms with Gasteiger partial charge in [0.05, 0.1) is 6.61 Å².